The Hall–Kier alpha value is -1.82. The van der Waals surface area contributed by atoms with Crippen molar-refractivity contribution in [2.24, 2.45) is 0 Å². The number of aromatic nitrogens is 2. The number of ether oxygens (including phenoxy) is 1. The topological polar surface area (TPSA) is 31.5 Å². The molecule has 5 heteroatoms. The molecule has 1 fully saturated rings. The number of morpholine rings is 1. The van der Waals surface area contributed by atoms with Crippen molar-refractivity contribution in [1.29, 1.82) is 0 Å². The minimum Gasteiger partial charge on any atom is -0.370 e. The van der Waals surface area contributed by atoms with E-state index in [4.69, 9.17) is 9.72 Å². The molecule has 1 saturated heterocycles. The maximum Gasteiger partial charge on any atom is 0.169 e. The molecule has 0 bridgehead atoms. The van der Waals surface area contributed by atoms with Gasteiger partial charge in [0.05, 0.1) is 36.5 Å². The van der Waals surface area contributed by atoms with E-state index in [9.17, 15) is 0 Å². The quantitative estimate of drug-likeness (QED) is 0.649. The molecule has 1 N–H and O–H groups in total. The summed E-state index contributed by atoms with van der Waals surface area (Å²) >= 11 is 1.89. The van der Waals surface area contributed by atoms with Crippen LogP contribution < -0.4 is 4.90 Å². The molecule has 0 saturated carbocycles. The predicted molar refractivity (Wildman–Crippen MR) is 107 cm³/mol. The van der Waals surface area contributed by atoms with Gasteiger partial charge in [-0.2, -0.15) is 0 Å². The van der Waals surface area contributed by atoms with Crippen molar-refractivity contribution >= 4 is 22.8 Å². The maximum atomic E-state index is 5.45. The van der Waals surface area contributed by atoms with E-state index in [1.165, 1.54) is 17.6 Å². The van der Waals surface area contributed by atoms with Gasteiger partial charge >= 0.3 is 0 Å². The third kappa shape index (κ3) is 4.29. The van der Waals surface area contributed by atoms with E-state index < -0.39 is 0 Å². The van der Waals surface area contributed by atoms with E-state index in [0.717, 1.165) is 55.7 Å². The number of imidazole rings is 1. The lowest BCUT2D eigenvalue weighted by Crippen LogP contribution is -3.14. The molecule has 1 aromatic heterocycles. The molecule has 26 heavy (non-hydrogen) atoms. The summed E-state index contributed by atoms with van der Waals surface area (Å²) in [6.45, 7) is 6.20. The Morgan fingerprint density at radius 3 is 2.62 bits per heavy atom. The van der Waals surface area contributed by atoms with E-state index in [1.54, 1.807) is 4.90 Å². The van der Waals surface area contributed by atoms with Gasteiger partial charge in [0.1, 0.15) is 13.1 Å². The first kappa shape index (κ1) is 17.6. The molecular weight excluding hydrogens is 342 g/mol. The Bertz CT molecular complexity index is 828. The van der Waals surface area contributed by atoms with Crippen LogP contribution in [0.1, 0.15) is 5.56 Å². The number of aryl methyl sites for hydroxylation is 2. The second kappa shape index (κ2) is 8.71. The Morgan fingerprint density at radius 1 is 1.00 bits per heavy atom. The Labute approximate surface area is 159 Å². The van der Waals surface area contributed by atoms with Crippen molar-refractivity contribution in [2.75, 3.05) is 38.6 Å². The van der Waals surface area contributed by atoms with Gasteiger partial charge in [0.2, 0.25) is 0 Å². The number of hydrogen-bond acceptors (Lipinski definition) is 3. The minimum absolute atomic E-state index is 0.898. The SMILES string of the molecule is c1ccc(CCn2c(SCC[NH+]3CCOCC3)nc3ccccc32)cc1. The van der Waals surface area contributed by atoms with Crippen LogP contribution in [0.5, 0.6) is 0 Å². The van der Waals surface area contributed by atoms with Crippen LogP contribution >= 0.6 is 11.8 Å². The van der Waals surface area contributed by atoms with Crippen molar-refractivity contribution < 1.29 is 9.64 Å². The number of benzene rings is 2. The van der Waals surface area contributed by atoms with E-state index >= 15 is 0 Å². The molecule has 4 nitrogen and oxygen atoms in total. The van der Waals surface area contributed by atoms with Crippen LogP contribution in [0.25, 0.3) is 11.0 Å². The number of fused-ring (bicyclic) bond motifs is 1. The van der Waals surface area contributed by atoms with Gasteiger partial charge in [-0.15, -0.1) is 0 Å². The summed E-state index contributed by atoms with van der Waals surface area (Å²) in [6, 6.07) is 19.2. The monoisotopic (exact) mass is 368 g/mol. The molecular formula is C21H26N3OS+. The molecule has 0 unspecified atom stereocenters. The third-order valence-electron chi connectivity index (χ3n) is 4.97. The Kier molecular flexibility index (Phi) is 5.89. The third-order valence-corrected chi connectivity index (χ3v) is 5.95. The fourth-order valence-electron chi connectivity index (χ4n) is 3.46. The number of hydrogen-bond donors (Lipinski definition) is 1. The van der Waals surface area contributed by atoms with Crippen molar-refractivity contribution in [3.63, 3.8) is 0 Å². The van der Waals surface area contributed by atoms with Gasteiger partial charge in [-0.05, 0) is 24.1 Å². The summed E-state index contributed by atoms with van der Waals surface area (Å²) in [7, 11) is 0. The van der Waals surface area contributed by atoms with Crippen LogP contribution in [0.15, 0.2) is 59.8 Å². The summed E-state index contributed by atoms with van der Waals surface area (Å²) in [5.41, 5.74) is 3.71. The van der Waals surface area contributed by atoms with Gasteiger partial charge in [0, 0.05) is 6.54 Å². The highest BCUT2D eigenvalue weighted by Crippen LogP contribution is 2.24. The molecule has 2 heterocycles. The fraction of sp³-hybridized carbons (Fsp3) is 0.381. The van der Waals surface area contributed by atoms with E-state index in [2.05, 4.69) is 59.2 Å². The number of thioether (sulfide) groups is 1. The molecule has 0 amide bonds. The van der Waals surface area contributed by atoms with E-state index in [0.29, 0.717) is 0 Å². The van der Waals surface area contributed by atoms with Gasteiger partial charge in [-0.25, -0.2) is 4.98 Å². The molecule has 1 aliphatic heterocycles. The van der Waals surface area contributed by atoms with Crippen molar-refractivity contribution in [2.45, 2.75) is 18.1 Å². The smallest absolute Gasteiger partial charge is 0.169 e. The summed E-state index contributed by atoms with van der Waals surface area (Å²) in [6.07, 6.45) is 1.03. The molecule has 2 aromatic carbocycles. The van der Waals surface area contributed by atoms with Gasteiger partial charge in [0.15, 0.2) is 5.16 Å². The maximum absolute atomic E-state index is 5.45. The van der Waals surface area contributed by atoms with Crippen molar-refractivity contribution in [3.05, 3.63) is 60.2 Å². The highest BCUT2D eigenvalue weighted by molar-refractivity contribution is 7.99. The number of para-hydroxylation sites is 2. The summed E-state index contributed by atoms with van der Waals surface area (Å²) < 4.78 is 7.84. The zero-order chi connectivity index (χ0) is 17.6. The summed E-state index contributed by atoms with van der Waals surface area (Å²) in [5.74, 6) is 1.10. The van der Waals surface area contributed by atoms with Crippen LogP contribution in [0.2, 0.25) is 0 Å². The highest BCUT2D eigenvalue weighted by atomic mass is 32.2. The van der Waals surface area contributed by atoms with E-state index in [1.807, 2.05) is 11.8 Å². The number of nitrogens with zero attached hydrogens (tertiary/aromatic N) is 2. The van der Waals surface area contributed by atoms with Crippen LogP contribution in [0.4, 0.5) is 0 Å². The molecule has 0 spiro atoms. The largest absolute Gasteiger partial charge is 0.370 e. The first-order valence-electron chi connectivity index (χ1n) is 9.43. The molecule has 0 atom stereocenters. The van der Waals surface area contributed by atoms with Crippen LogP contribution in [-0.4, -0.2) is 48.2 Å². The van der Waals surface area contributed by atoms with Crippen LogP contribution in [-0.2, 0) is 17.7 Å². The average molecular weight is 369 g/mol. The number of quaternary nitrogens is 1. The van der Waals surface area contributed by atoms with Gasteiger partial charge in [0.25, 0.3) is 0 Å². The first-order chi connectivity index (χ1) is 12.9. The zero-order valence-corrected chi connectivity index (χ0v) is 15.9. The van der Waals surface area contributed by atoms with Crippen molar-refractivity contribution in [3.8, 4) is 0 Å². The number of nitrogens with one attached hydrogen (secondary N) is 1. The standard InChI is InChI=1S/C21H25N3OS/c1-2-6-18(7-3-1)10-11-24-20-9-5-4-8-19(20)22-21(24)26-17-14-23-12-15-25-16-13-23/h1-9H,10-17H2/p+1. The van der Waals surface area contributed by atoms with E-state index in [-0.39, 0.29) is 0 Å². The molecule has 136 valence electrons. The van der Waals surface area contributed by atoms with Gasteiger partial charge < -0.3 is 14.2 Å². The summed E-state index contributed by atoms with van der Waals surface area (Å²) in [5, 5.41) is 1.15. The molecule has 0 radical (unpaired) electrons. The lowest BCUT2D eigenvalue weighted by atomic mass is 10.1. The molecule has 4 rings (SSSR count). The lowest BCUT2D eigenvalue weighted by molar-refractivity contribution is -0.905. The Morgan fingerprint density at radius 2 is 1.77 bits per heavy atom. The van der Waals surface area contributed by atoms with Crippen LogP contribution in [0.3, 0.4) is 0 Å². The molecule has 0 aliphatic carbocycles. The van der Waals surface area contributed by atoms with Crippen LogP contribution in [0, 0.1) is 0 Å². The minimum atomic E-state index is 0.898. The highest BCUT2D eigenvalue weighted by Gasteiger charge is 2.15. The lowest BCUT2D eigenvalue weighted by Gasteiger charge is -2.23. The summed E-state index contributed by atoms with van der Waals surface area (Å²) in [4.78, 5) is 6.55. The average Bonchev–Trinajstić information content (AvgIpc) is 3.05. The second-order valence-electron chi connectivity index (χ2n) is 6.73. The first-order valence-corrected chi connectivity index (χ1v) is 10.4. The van der Waals surface area contributed by atoms with Crippen molar-refractivity contribution in [1.82, 2.24) is 9.55 Å². The number of rotatable bonds is 7. The second-order valence-corrected chi connectivity index (χ2v) is 7.79. The normalized spacial score (nSPS) is 15.5. The molecule has 1 aliphatic rings. The van der Waals surface area contributed by atoms with Gasteiger partial charge in [-0.3, -0.25) is 0 Å². The Balaban J connectivity index is 1.46. The molecule has 3 aromatic rings. The predicted octanol–water partition coefficient (Wildman–Crippen LogP) is 2.29. The zero-order valence-electron chi connectivity index (χ0n) is 15.1. The van der Waals surface area contributed by atoms with Gasteiger partial charge in [-0.1, -0.05) is 54.2 Å². The fourth-order valence-corrected chi connectivity index (χ4v) is 4.54.